The summed E-state index contributed by atoms with van der Waals surface area (Å²) in [5.41, 5.74) is 4.01. The second-order valence-electron chi connectivity index (χ2n) is 4.34. The predicted octanol–water partition coefficient (Wildman–Crippen LogP) is 3.60. The highest BCUT2D eigenvalue weighted by Gasteiger charge is 2.35. The van der Waals surface area contributed by atoms with Crippen LogP contribution in [-0.4, -0.2) is 23.3 Å². The molecule has 0 saturated heterocycles. The smallest absolute Gasteiger partial charge is 0.418 e. The molecule has 5 nitrogen and oxygen atoms in total. The molecule has 23 heavy (non-hydrogen) atoms. The number of thioether (sulfide) groups is 1. The number of aromatic nitrogens is 1. The standard InChI is InChI=1S/C14H13F3N2O3S/c1-2-21-11(20)7-23-13-12(18)8(14(15,16)17)6-9(19-13)10-4-3-5-22-10/h3-6H,2,7,18H2,1H3. The summed E-state index contributed by atoms with van der Waals surface area (Å²) in [5.74, 6) is -0.576. The number of furan rings is 1. The van der Waals surface area contributed by atoms with Gasteiger partial charge < -0.3 is 14.9 Å². The normalized spacial score (nSPS) is 11.5. The van der Waals surface area contributed by atoms with Gasteiger partial charge in [-0.15, -0.1) is 0 Å². The molecule has 0 unspecified atom stereocenters. The molecule has 2 heterocycles. The van der Waals surface area contributed by atoms with Crippen LogP contribution in [0.4, 0.5) is 18.9 Å². The Hall–Kier alpha value is -2.16. The zero-order chi connectivity index (χ0) is 17.0. The third-order valence-corrected chi connectivity index (χ3v) is 3.70. The van der Waals surface area contributed by atoms with Crippen molar-refractivity contribution in [3.05, 3.63) is 30.0 Å². The topological polar surface area (TPSA) is 78.3 Å². The molecule has 0 aromatic carbocycles. The summed E-state index contributed by atoms with van der Waals surface area (Å²) in [7, 11) is 0. The second kappa shape index (κ2) is 6.95. The predicted molar refractivity (Wildman–Crippen MR) is 78.7 cm³/mol. The molecule has 0 atom stereocenters. The molecule has 2 rings (SSSR count). The Morgan fingerprint density at radius 2 is 2.22 bits per heavy atom. The van der Waals surface area contributed by atoms with E-state index in [0.29, 0.717) is 0 Å². The summed E-state index contributed by atoms with van der Waals surface area (Å²) >= 11 is 0.784. The first-order valence-electron chi connectivity index (χ1n) is 6.53. The fourth-order valence-electron chi connectivity index (χ4n) is 1.76. The van der Waals surface area contributed by atoms with Crippen LogP contribution < -0.4 is 5.73 Å². The van der Waals surface area contributed by atoms with Crippen LogP contribution in [0.5, 0.6) is 0 Å². The van der Waals surface area contributed by atoms with E-state index in [1.807, 2.05) is 0 Å². The van der Waals surface area contributed by atoms with Crippen LogP contribution in [0.1, 0.15) is 12.5 Å². The molecule has 0 aliphatic carbocycles. The van der Waals surface area contributed by atoms with Gasteiger partial charge in [-0.3, -0.25) is 4.79 Å². The van der Waals surface area contributed by atoms with E-state index in [1.165, 1.54) is 18.4 Å². The molecule has 9 heteroatoms. The van der Waals surface area contributed by atoms with Crippen molar-refractivity contribution in [1.29, 1.82) is 0 Å². The number of ether oxygens (including phenoxy) is 1. The van der Waals surface area contributed by atoms with Gasteiger partial charge >= 0.3 is 12.1 Å². The molecule has 0 radical (unpaired) electrons. The van der Waals surface area contributed by atoms with Gasteiger partial charge in [0.2, 0.25) is 0 Å². The number of hydrogen-bond donors (Lipinski definition) is 1. The minimum absolute atomic E-state index is 0.0112. The lowest BCUT2D eigenvalue weighted by atomic mass is 10.1. The zero-order valence-electron chi connectivity index (χ0n) is 12.0. The number of nitrogens with two attached hydrogens (primary N) is 1. The number of nitrogens with zero attached hydrogens (tertiary/aromatic N) is 1. The third kappa shape index (κ3) is 4.19. The Bertz CT molecular complexity index is 687. The Morgan fingerprint density at radius 1 is 1.48 bits per heavy atom. The molecule has 0 aliphatic heterocycles. The van der Waals surface area contributed by atoms with Crippen LogP contribution >= 0.6 is 11.8 Å². The first-order valence-corrected chi connectivity index (χ1v) is 7.51. The number of esters is 1. The van der Waals surface area contributed by atoms with E-state index in [-0.39, 0.29) is 28.8 Å². The molecule has 124 valence electrons. The van der Waals surface area contributed by atoms with Gasteiger partial charge in [0.1, 0.15) is 10.7 Å². The van der Waals surface area contributed by atoms with E-state index in [2.05, 4.69) is 4.98 Å². The maximum atomic E-state index is 13.1. The minimum atomic E-state index is -4.65. The first-order chi connectivity index (χ1) is 10.8. The van der Waals surface area contributed by atoms with Crippen LogP contribution in [-0.2, 0) is 15.7 Å². The van der Waals surface area contributed by atoms with Crippen molar-refractivity contribution >= 4 is 23.4 Å². The molecule has 2 N–H and O–H groups in total. The Morgan fingerprint density at radius 3 is 2.78 bits per heavy atom. The lowest BCUT2D eigenvalue weighted by molar-refractivity contribution is -0.140. The molecule has 0 aliphatic rings. The van der Waals surface area contributed by atoms with Crippen molar-refractivity contribution in [2.24, 2.45) is 0 Å². The number of halogens is 3. The van der Waals surface area contributed by atoms with E-state index in [0.717, 1.165) is 17.8 Å². The van der Waals surface area contributed by atoms with Crippen LogP contribution in [0, 0.1) is 0 Å². The number of pyridine rings is 1. The van der Waals surface area contributed by atoms with Crippen molar-refractivity contribution in [2.45, 2.75) is 18.1 Å². The van der Waals surface area contributed by atoms with Gasteiger partial charge in [-0.1, -0.05) is 11.8 Å². The average Bonchev–Trinajstić information content (AvgIpc) is 2.99. The summed E-state index contributed by atoms with van der Waals surface area (Å²) in [6.07, 6.45) is -3.32. The monoisotopic (exact) mass is 346 g/mol. The Balaban J connectivity index is 2.40. The van der Waals surface area contributed by atoms with Crippen molar-refractivity contribution in [1.82, 2.24) is 4.98 Å². The lowest BCUT2D eigenvalue weighted by Crippen LogP contribution is -2.12. The van der Waals surface area contributed by atoms with Crippen LogP contribution in [0.2, 0.25) is 0 Å². The van der Waals surface area contributed by atoms with Crippen LogP contribution in [0.3, 0.4) is 0 Å². The van der Waals surface area contributed by atoms with Gasteiger partial charge in [0, 0.05) is 0 Å². The van der Waals surface area contributed by atoms with E-state index in [1.54, 1.807) is 6.92 Å². The highest BCUT2D eigenvalue weighted by atomic mass is 32.2. The van der Waals surface area contributed by atoms with E-state index in [9.17, 15) is 18.0 Å². The van der Waals surface area contributed by atoms with Gasteiger partial charge in [-0.05, 0) is 25.1 Å². The average molecular weight is 346 g/mol. The molecule has 0 fully saturated rings. The van der Waals surface area contributed by atoms with Crippen molar-refractivity contribution in [3.8, 4) is 11.5 Å². The highest BCUT2D eigenvalue weighted by Crippen LogP contribution is 2.39. The Kier molecular flexibility index (Phi) is 5.19. The molecule has 0 saturated carbocycles. The molecule has 0 amide bonds. The van der Waals surface area contributed by atoms with Gasteiger partial charge in [0.25, 0.3) is 0 Å². The van der Waals surface area contributed by atoms with E-state index >= 15 is 0 Å². The summed E-state index contributed by atoms with van der Waals surface area (Å²) in [6, 6.07) is 3.84. The van der Waals surface area contributed by atoms with Crippen molar-refractivity contribution in [2.75, 3.05) is 18.1 Å². The van der Waals surface area contributed by atoms with Gasteiger partial charge in [-0.2, -0.15) is 13.2 Å². The number of anilines is 1. The van der Waals surface area contributed by atoms with Crippen LogP contribution in [0.25, 0.3) is 11.5 Å². The maximum absolute atomic E-state index is 13.1. The quantitative estimate of drug-likeness (QED) is 0.658. The third-order valence-electron chi connectivity index (χ3n) is 2.73. The fraction of sp³-hybridized carbons (Fsp3) is 0.286. The number of carbonyl (C=O) groups excluding carboxylic acids is 1. The summed E-state index contributed by atoms with van der Waals surface area (Å²) < 4.78 is 49.2. The van der Waals surface area contributed by atoms with Gasteiger partial charge in [-0.25, -0.2) is 4.98 Å². The molecule has 0 bridgehead atoms. The number of hydrogen-bond acceptors (Lipinski definition) is 6. The molecule has 0 spiro atoms. The zero-order valence-corrected chi connectivity index (χ0v) is 12.8. The fourth-order valence-corrected chi connectivity index (χ4v) is 2.52. The van der Waals surface area contributed by atoms with E-state index in [4.69, 9.17) is 14.9 Å². The molecular formula is C14H13F3N2O3S. The molecular weight excluding hydrogens is 333 g/mol. The Labute approximate surface area is 134 Å². The minimum Gasteiger partial charge on any atom is -0.465 e. The summed E-state index contributed by atoms with van der Waals surface area (Å²) in [5, 5.41) is -0.0979. The van der Waals surface area contributed by atoms with Gasteiger partial charge in [0.15, 0.2) is 5.76 Å². The SMILES string of the molecule is CCOC(=O)CSc1nc(-c2ccco2)cc(C(F)(F)F)c1N. The lowest BCUT2D eigenvalue weighted by Gasteiger charge is -2.14. The van der Waals surface area contributed by atoms with E-state index < -0.39 is 23.4 Å². The highest BCUT2D eigenvalue weighted by molar-refractivity contribution is 8.00. The van der Waals surface area contributed by atoms with Crippen molar-refractivity contribution in [3.63, 3.8) is 0 Å². The number of carbonyl (C=O) groups is 1. The summed E-state index contributed by atoms with van der Waals surface area (Å²) in [6.45, 7) is 1.82. The number of nitrogen functional groups attached to an aromatic ring is 1. The number of alkyl halides is 3. The maximum Gasteiger partial charge on any atom is 0.418 e. The second-order valence-corrected chi connectivity index (χ2v) is 5.31. The van der Waals surface area contributed by atoms with Crippen LogP contribution in [0.15, 0.2) is 33.9 Å². The summed E-state index contributed by atoms with van der Waals surface area (Å²) in [4.78, 5) is 15.4. The molecule has 2 aromatic rings. The first kappa shape index (κ1) is 17.2. The van der Waals surface area contributed by atoms with Gasteiger partial charge in [0.05, 0.1) is 29.9 Å². The van der Waals surface area contributed by atoms with Crippen molar-refractivity contribution < 1.29 is 27.1 Å². The molecule has 2 aromatic heterocycles. The number of rotatable bonds is 5. The largest absolute Gasteiger partial charge is 0.465 e.